The number of hydrogen-bond donors (Lipinski definition) is 3. The van der Waals surface area contributed by atoms with Crippen LogP contribution in [0.5, 0.6) is 0 Å². The molecule has 1 rings (SSSR count). The molecule has 0 radical (unpaired) electrons. The van der Waals surface area contributed by atoms with Gasteiger partial charge in [-0.3, -0.25) is 0 Å². The van der Waals surface area contributed by atoms with Crippen LogP contribution in [-0.4, -0.2) is 24.2 Å². The van der Waals surface area contributed by atoms with Crippen molar-refractivity contribution in [2.75, 3.05) is 13.1 Å². The second-order valence-electron chi connectivity index (χ2n) is 5.43. The Morgan fingerprint density at radius 3 is 2.40 bits per heavy atom. The summed E-state index contributed by atoms with van der Waals surface area (Å²) >= 11 is 0. The number of benzene rings is 1. The van der Waals surface area contributed by atoms with E-state index in [0.29, 0.717) is 25.4 Å². The minimum absolute atomic E-state index is 0.158. The Morgan fingerprint density at radius 1 is 1.10 bits per heavy atom. The third-order valence-corrected chi connectivity index (χ3v) is 3.13. The Balaban J connectivity index is 2.10. The molecule has 112 valence electrons. The van der Waals surface area contributed by atoms with Crippen LogP contribution in [0.3, 0.4) is 0 Å². The molecule has 0 bridgehead atoms. The van der Waals surface area contributed by atoms with E-state index in [1.165, 1.54) is 0 Å². The van der Waals surface area contributed by atoms with Crippen molar-refractivity contribution in [1.29, 1.82) is 0 Å². The second-order valence-corrected chi connectivity index (χ2v) is 5.43. The van der Waals surface area contributed by atoms with E-state index in [2.05, 4.69) is 24.5 Å². The van der Waals surface area contributed by atoms with E-state index in [-0.39, 0.29) is 6.03 Å². The number of carbonyl (C=O) groups excluding carboxylic acids is 1. The summed E-state index contributed by atoms with van der Waals surface area (Å²) in [5.41, 5.74) is 0.881. The molecule has 0 aliphatic heterocycles. The molecule has 0 saturated carbocycles. The maximum Gasteiger partial charge on any atom is 0.314 e. The Morgan fingerprint density at radius 2 is 1.75 bits per heavy atom. The summed E-state index contributed by atoms with van der Waals surface area (Å²) in [4.78, 5) is 11.5. The lowest BCUT2D eigenvalue weighted by atomic mass is 10.1. The standard InChI is InChI=1S/C16H26N2O2/c1-13(2)7-6-11-17-16(20)18-12-10-15(19)14-8-4-3-5-9-14/h3-5,8-9,13,15,19H,6-7,10-12H2,1-2H3,(H2,17,18,20). The summed E-state index contributed by atoms with van der Waals surface area (Å²) < 4.78 is 0. The zero-order valence-electron chi connectivity index (χ0n) is 12.4. The van der Waals surface area contributed by atoms with Crippen LogP contribution in [0.2, 0.25) is 0 Å². The molecule has 0 aliphatic rings. The van der Waals surface area contributed by atoms with E-state index in [1.807, 2.05) is 30.3 Å². The highest BCUT2D eigenvalue weighted by atomic mass is 16.3. The van der Waals surface area contributed by atoms with Gasteiger partial charge >= 0.3 is 6.03 Å². The predicted molar refractivity (Wildman–Crippen MR) is 81.5 cm³/mol. The number of hydrogen-bond acceptors (Lipinski definition) is 2. The monoisotopic (exact) mass is 278 g/mol. The lowest BCUT2D eigenvalue weighted by Crippen LogP contribution is -2.37. The summed E-state index contributed by atoms with van der Waals surface area (Å²) in [6.07, 6.45) is 2.10. The summed E-state index contributed by atoms with van der Waals surface area (Å²) in [5.74, 6) is 0.667. The lowest BCUT2D eigenvalue weighted by Gasteiger charge is -2.12. The van der Waals surface area contributed by atoms with Crippen LogP contribution in [-0.2, 0) is 0 Å². The van der Waals surface area contributed by atoms with Gasteiger partial charge in [-0.2, -0.15) is 0 Å². The Bertz CT molecular complexity index is 379. The molecule has 20 heavy (non-hydrogen) atoms. The van der Waals surface area contributed by atoms with Crippen molar-refractivity contribution in [3.8, 4) is 0 Å². The third kappa shape index (κ3) is 7.14. The van der Waals surface area contributed by atoms with Gasteiger partial charge in [0.25, 0.3) is 0 Å². The van der Waals surface area contributed by atoms with Crippen LogP contribution >= 0.6 is 0 Å². The summed E-state index contributed by atoms with van der Waals surface area (Å²) in [6.45, 7) is 5.51. The van der Waals surface area contributed by atoms with Crippen LogP contribution in [0.25, 0.3) is 0 Å². The van der Waals surface area contributed by atoms with Gasteiger partial charge in [0.15, 0.2) is 0 Å². The summed E-state index contributed by atoms with van der Waals surface area (Å²) in [6, 6.07) is 9.32. The van der Waals surface area contributed by atoms with Gasteiger partial charge in [-0.15, -0.1) is 0 Å². The number of rotatable bonds is 8. The fourth-order valence-corrected chi connectivity index (χ4v) is 1.94. The van der Waals surface area contributed by atoms with Gasteiger partial charge in [0.05, 0.1) is 6.10 Å². The molecule has 0 aliphatic carbocycles. The number of aliphatic hydroxyl groups excluding tert-OH is 1. The van der Waals surface area contributed by atoms with Crippen LogP contribution < -0.4 is 10.6 Å². The highest BCUT2D eigenvalue weighted by molar-refractivity contribution is 5.73. The smallest absolute Gasteiger partial charge is 0.314 e. The molecule has 1 unspecified atom stereocenters. The van der Waals surface area contributed by atoms with E-state index < -0.39 is 6.10 Å². The predicted octanol–water partition coefficient (Wildman–Crippen LogP) is 2.85. The number of carbonyl (C=O) groups is 1. The molecule has 0 aromatic heterocycles. The molecule has 4 nitrogen and oxygen atoms in total. The Hall–Kier alpha value is -1.55. The topological polar surface area (TPSA) is 61.4 Å². The van der Waals surface area contributed by atoms with Gasteiger partial charge in [0.1, 0.15) is 0 Å². The summed E-state index contributed by atoms with van der Waals surface area (Å²) in [5, 5.41) is 15.5. The van der Waals surface area contributed by atoms with E-state index in [1.54, 1.807) is 0 Å². The second kappa shape index (κ2) is 9.37. The number of amides is 2. The molecular weight excluding hydrogens is 252 g/mol. The van der Waals surface area contributed by atoms with Crippen molar-refractivity contribution in [1.82, 2.24) is 10.6 Å². The first-order valence-corrected chi connectivity index (χ1v) is 7.34. The Kier molecular flexibility index (Phi) is 7.73. The highest BCUT2D eigenvalue weighted by Crippen LogP contribution is 2.14. The SMILES string of the molecule is CC(C)CCCNC(=O)NCCC(O)c1ccccc1. The van der Waals surface area contributed by atoms with E-state index >= 15 is 0 Å². The van der Waals surface area contributed by atoms with E-state index in [0.717, 1.165) is 18.4 Å². The third-order valence-electron chi connectivity index (χ3n) is 3.13. The highest BCUT2D eigenvalue weighted by Gasteiger charge is 2.07. The van der Waals surface area contributed by atoms with Gasteiger partial charge in [0, 0.05) is 13.1 Å². The molecule has 2 amide bonds. The Labute approximate surface area is 121 Å². The molecule has 1 aromatic rings. The maximum absolute atomic E-state index is 11.5. The number of aliphatic hydroxyl groups is 1. The van der Waals surface area contributed by atoms with Crippen molar-refractivity contribution in [2.24, 2.45) is 5.92 Å². The van der Waals surface area contributed by atoms with Gasteiger partial charge in [0.2, 0.25) is 0 Å². The van der Waals surface area contributed by atoms with E-state index in [4.69, 9.17) is 0 Å². The molecule has 0 spiro atoms. The minimum atomic E-state index is -0.530. The fraction of sp³-hybridized carbons (Fsp3) is 0.562. The normalized spacial score (nSPS) is 12.2. The van der Waals surface area contributed by atoms with Crippen molar-refractivity contribution in [2.45, 2.75) is 39.2 Å². The quantitative estimate of drug-likeness (QED) is 0.640. The van der Waals surface area contributed by atoms with E-state index in [9.17, 15) is 9.90 Å². The summed E-state index contributed by atoms with van der Waals surface area (Å²) in [7, 11) is 0. The average molecular weight is 278 g/mol. The molecule has 0 fully saturated rings. The van der Waals surface area contributed by atoms with Gasteiger partial charge in [-0.05, 0) is 30.7 Å². The van der Waals surface area contributed by atoms with Crippen molar-refractivity contribution in [3.05, 3.63) is 35.9 Å². The van der Waals surface area contributed by atoms with Crippen LogP contribution in [0.15, 0.2) is 30.3 Å². The maximum atomic E-state index is 11.5. The molecule has 1 atom stereocenters. The molecule has 3 N–H and O–H groups in total. The van der Waals surface area contributed by atoms with Crippen LogP contribution in [0.4, 0.5) is 4.79 Å². The first-order valence-electron chi connectivity index (χ1n) is 7.34. The lowest BCUT2D eigenvalue weighted by molar-refractivity contribution is 0.167. The molecule has 0 saturated heterocycles. The number of urea groups is 1. The number of nitrogens with one attached hydrogen (secondary N) is 2. The fourth-order valence-electron chi connectivity index (χ4n) is 1.94. The van der Waals surface area contributed by atoms with Crippen LogP contribution in [0.1, 0.15) is 44.8 Å². The van der Waals surface area contributed by atoms with Gasteiger partial charge in [-0.25, -0.2) is 4.79 Å². The first kappa shape index (κ1) is 16.5. The van der Waals surface area contributed by atoms with Crippen molar-refractivity contribution in [3.63, 3.8) is 0 Å². The molecule has 0 heterocycles. The minimum Gasteiger partial charge on any atom is -0.388 e. The van der Waals surface area contributed by atoms with Crippen molar-refractivity contribution < 1.29 is 9.90 Å². The molecule has 1 aromatic carbocycles. The van der Waals surface area contributed by atoms with Gasteiger partial charge in [-0.1, -0.05) is 44.2 Å². The van der Waals surface area contributed by atoms with Crippen LogP contribution in [0, 0.1) is 5.92 Å². The first-order chi connectivity index (χ1) is 9.59. The average Bonchev–Trinajstić information content (AvgIpc) is 2.44. The largest absolute Gasteiger partial charge is 0.388 e. The molecular formula is C16H26N2O2. The zero-order chi connectivity index (χ0) is 14.8. The van der Waals surface area contributed by atoms with Gasteiger partial charge < -0.3 is 15.7 Å². The molecule has 4 heteroatoms. The van der Waals surface area contributed by atoms with Crippen molar-refractivity contribution >= 4 is 6.03 Å². The zero-order valence-corrected chi connectivity index (χ0v) is 12.4.